The lowest BCUT2D eigenvalue weighted by Gasteiger charge is -2.31. The lowest BCUT2D eigenvalue weighted by molar-refractivity contribution is -0.132. The first-order valence-electron chi connectivity index (χ1n) is 9.61. The van der Waals surface area contributed by atoms with Crippen molar-refractivity contribution in [2.45, 2.75) is 32.7 Å². The number of nitrogens with one attached hydrogen (secondary N) is 1. The van der Waals surface area contributed by atoms with Crippen molar-refractivity contribution >= 4 is 39.6 Å². The van der Waals surface area contributed by atoms with E-state index in [9.17, 15) is 14.0 Å². The predicted octanol–water partition coefficient (Wildman–Crippen LogP) is 4.92. The fraction of sp³-hybridized carbons (Fsp3) is 0.318. The number of anilines is 1. The number of thiophene rings is 1. The number of rotatable bonds is 8. The molecule has 0 unspecified atom stereocenters. The molecule has 0 aliphatic rings. The summed E-state index contributed by atoms with van der Waals surface area (Å²) in [6, 6.07) is 9.91. The fourth-order valence-corrected chi connectivity index (χ4v) is 4.76. The van der Waals surface area contributed by atoms with Gasteiger partial charge in [0.05, 0.1) is 24.6 Å². The van der Waals surface area contributed by atoms with Gasteiger partial charge in [0, 0.05) is 17.3 Å². The first kappa shape index (κ1) is 22.1. The SMILES string of the molecule is CC(C)[C@H](c1ccc(F)cc1)N(C)C(=O)Cc1csc(NC(=O)Cc2cccs2)n1. The number of carbonyl (C=O) groups is 2. The van der Waals surface area contributed by atoms with Gasteiger partial charge in [-0.25, -0.2) is 9.37 Å². The van der Waals surface area contributed by atoms with Crippen molar-refractivity contribution in [2.75, 3.05) is 12.4 Å². The van der Waals surface area contributed by atoms with Crippen molar-refractivity contribution in [3.8, 4) is 0 Å². The van der Waals surface area contributed by atoms with Crippen molar-refractivity contribution in [3.63, 3.8) is 0 Å². The molecule has 0 spiro atoms. The molecule has 2 heterocycles. The van der Waals surface area contributed by atoms with Crippen LogP contribution >= 0.6 is 22.7 Å². The van der Waals surface area contributed by atoms with E-state index >= 15 is 0 Å². The quantitative estimate of drug-likeness (QED) is 0.535. The van der Waals surface area contributed by atoms with E-state index in [1.807, 2.05) is 31.4 Å². The molecule has 0 saturated carbocycles. The van der Waals surface area contributed by atoms with Crippen molar-refractivity contribution in [1.29, 1.82) is 0 Å². The number of benzene rings is 1. The number of nitrogens with zero attached hydrogens (tertiary/aromatic N) is 2. The summed E-state index contributed by atoms with van der Waals surface area (Å²) in [4.78, 5) is 32.1. The zero-order valence-corrected chi connectivity index (χ0v) is 18.7. The van der Waals surface area contributed by atoms with Gasteiger partial charge < -0.3 is 10.2 Å². The third kappa shape index (κ3) is 5.73. The van der Waals surface area contributed by atoms with Crippen LogP contribution in [0.25, 0.3) is 0 Å². The van der Waals surface area contributed by atoms with Crippen LogP contribution in [-0.4, -0.2) is 28.7 Å². The highest BCUT2D eigenvalue weighted by Gasteiger charge is 2.25. The number of aromatic nitrogens is 1. The zero-order chi connectivity index (χ0) is 21.7. The second kappa shape index (κ2) is 9.95. The summed E-state index contributed by atoms with van der Waals surface area (Å²) in [5, 5.41) is 7.00. The Hall–Kier alpha value is -2.58. The molecule has 0 bridgehead atoms. The number of hydrogen-bond donors (Lipinski definition) is 1. The highest BCUT2D eigenvalue weighted by Crippen LogP contribution is 2.28. The monoisotopic (exact) mass is 445 g/mol. The predicted molar refractivity (Wildman–Crippen MR) is 119 cm³/mol. The number of thiazole rings is 1. The average molecular weight is 446 g/mol. The van der Waals surface area contributed by atoms with Crippen molar-refractivity contribution in [1.82, 2.24) is 9.88 Å². The molecule has 3 rings (SSSR count). The van der Waals surface area contributed by atoms with E-state index in [0.717, 1.165) is 10.4 Å². The topological polar surface area (TPSA) is 62.3 Å². The smallest absolute Gasteiger partial charge is 0.231 e. The van der Waals surface area contributed by atoms with Crippen LogP contribution in [0.1, 0.15) is 36.0 Å². The molecule has 0 aliphatic carbocycles. The van der Waals surface area contributed by atoms with Crippen LogP contribution in [0.15, 0.2) is 47.2 Å². The molecule has 1 N–H and O–H groups in total. The largest absolute Gasteiger partial charge is 0.338 e. The third-order valence-electron chi connectivity index (χ3n) is 4.70. The molecule has 1 atom stereocenters. The van der Waals surface area contributed by atoms with E-state index in [4.69, 9.17) is 0 Å². The first-order chi connectivity index (χ1) is 14.3. The van der Waals surface area contributed by atoms with E-state index in [2.05, 4.69) is 10.3 Å². The number of amides is 2. The summed E-state index contributed by atoms with van der Waals surface area (Å²) in [6.45, 7) is 4.06. The summed E-state index contributed by atoms with van der Waals surface area (Å²) in [6.07, 6.45) is 0.445. The molecule has 3 aromatic rings. The number of likely N-dealkylation sites (N-methyl/N-ethyl adjacent to an activating group) is 1. The van der Waals surface area contributed by atoms with Crippen LogP contribution < -0.4 is 5.32 Å². The minimum atomic E-state index is -0.300. The number of hydrogen-bond acceptors (Lipinski definition) is 5. The normalized spacial score (nSPS) is 12.0. The number of halogens is 1. The molecule has 0 saturated heterocycles. The highest BCUT2D eigenvalue weighted by atomic mass is 32.1. The van der Waals surface area contributed by atoms with E-state index in [-0.39, 0.29) is 36.0 Å². The second-order valence-corrected chi connectivity index (χ2v) is 9.26. The summed E-state index contributed by atoms with van der Waals surface area (Å²) in [7, 11) is 1.76. The van der Waals surface area contributed by atoms with Crippen molar-refractivity contribution < 1.29 is 14.0 Å². The van der Waals surface area contributed by atoms with Crippen molar-refractivity contribution in [2.24, 2.45) is 5.92 Å². The highest BCUT2D eigenvalue weighted by molar-refractivity contribution is 7.14. The Morgan fingerprint density at radius 1 is 1.13 bits per heavy atom. The van der Waals surface area contributed by atoms with Gasteiger partial charge in [-0.15, -0.1) is 22.7 Å². The van der Waals surface area contributed by atoms with Crippen LogP contribution in [0.4, 0.5) is 9.52 Å². The van der Waals surface area contributed by atoms with Crippen LogP contribution in [-0.2, 0) is 22.4 Å². The molecule has 2 amide bonds. The van der Waals surface area contributed by atoms with E-state index in [1.165, 1.54) is 34.8 Å². The van der Waals surface area contributed by atoms with Gasteiger partial charge in [0.25, 0.3) is 0 Å². The summed E-state index contributed by atoms with van der Waals surface area (Å²) >= 11 is 2.84. The third-order valence-corrected chi connectivity index (χ3v) is 6.38. The summed E-state index contributed by atoms with van der Waals surface area (Å²) in [5.74, 6) is -0.351. The van der Waals surface area contributed by atoms with Gasteiger partial charge in [0.2, 0.25) is 11.8 Å². The fourth-order valence-electron chi connectivity index (χ4n) is 3.33. The lowest BCUT2D eigenvalue weighted by atomic mass is 9.94. The minimum Gasteiger partial charge on any atom is -0.338 e. The van der Waals surface area contributed by atoms with Crippen LogP contribution in [0.5, 0.6) is 0 Å². The molecule has 0 aliphatic heterocycles. The average Bonchev–Trinajstić information content (AvgIpc) is 3.35. The maximum Gasteiger partial charge on any atom is 0.231 e. The summed E-state index contributed by atoms with van der Waals surface area (Å²) < 4.78 is 13.3. The Morgan fingerprint density at radius 3 is 2.50 bits per heavy atom. The molecule has 0 fully saturated rings. The maximum absolute atomic E-state index is 13.3. The molecule has 1 aromatic carbocycles. The zero-order valence-electron chi connectivity index (χ0n) is 17.1. The molecule has 30 heavy (non-hydrogen) atoms. The molecule has 2 aromatic heterocycles. The number of carbonyl (C=O) groups excluding carboxylic acids is 2. The second-order valence-electron chi connectivity index (χ2n) is 7.37. The van der Waals surface area contributed by atoms with Gasteiger partial charge in [0.15, 0.2) is 5.13 Å². The Kier molecular flexibility index (Phi) is 7.33. The van der Waals surface area contributed by atoms with Crippen LogP contribution in [0.3, 0.4) is 0 Å². The van der Waals surface area contributed by atoms with Gasteiger partial charge >= 0.3 is 0 Å². The van der Waals surface area contributed by atoms with E-state index in [1.54, 1.807) is 29.5 Å². The van der Waals surface area contributed by atoms with E-state index < -0.39 is 0 Å². The maximum atomic E-state index is 13.3. The van der Waals surface area contributed by atoms with Gasteiger partial charge in [-0.3, -0.25) is 9.59 Å². The minimum absolute atomic E-state index is 0.0835. The van der Waals surface area contributed by atoms with Crippen LogP contribution in [0, 0.1) is 11.7 Å². The van der Waals surface area contributed by atoms with Gasteiger partial charge in [-0.2, -0.15) is 0 Å². The molecular formula is C22H24FN3O2S2. The Labute approximate surface area is 183 Å². The summed E-state index contributed by atoms with van der Waals surface area (Å²) in [5.41, 5.74) is 1.51. The standard InChI is InChI=1S/C22H24FN3O2S2/c1-14(2)21(15-6-8-16(23)9-7-15)26(3)20(28)11-17-13-30-22(24-17)25-19(27)12-18-5-4-10-29-18/h4-10,13-14,21H,11-12H2,1-3H3,(H,24,25,27)/t21-/m1/s1. The molecule has 158 valence electrons. The molecule has 5 nitrogen and oxygen atoms in total. The Morgan fingerprint density at radius 2 is 1.87 bits per heavy atom. The van der Waals surface area contributed by atoms with E-state index in [0.29, 0.717) is 17.2 Å². The molecular weight excluding hydrogens is 421 g/mol. The molecule has 8 heteroatoms. The Bertz CT molecular complexity index is 984. The molecule has 0 radical (unpaired) electrons. The Balaban J connectivity index is 1.62. The van der Waals surface area contributed by atoms with Crippen molar-refractivity contribution in [3.05, 3.63) is 69.1 Å². The lowest BCUT2D eigenvalue weighted by Crippen LogP contribution is -2.35. The van der Waals surface area contributed by atoms with Gasteiger partial charge in [-0.05, 0) is 35.1 Å². The van der Waals surface area contributed by atoms with Gasteiger partial charge in [-0.1, -0.05) is 32.0 Å². The van der Waals surface area contributed by atoms with Gasteiger partial charge in [0.1, 0.15) is 5.82 Å². The first-order valence-corrected chi connectivity index (χ1v) is 11.4. The van der Waals surface area contributed by atoms with Crippen LogP contribution in [0.2, 0.25) is 0 Å².